The van der Waals surface area contributed by atoms with Crippen LogP contribution in [0.2, 0.25) is 0 Å². The molecule has 0 spiro atoms. The molecule has 0 bridgehead atoms. The zero-order valence-electron chi connectivity index (χ0n) is 12.5. The molecule has 1 aliphatic rings. The summed E-state index contributed by atoms with van der Waals surface area (Å²) < 4.78 is 7.61. The first kappa shape index (κ1) is 13.9. The molecule has 1 unspecified atom stereocenters. The number of carbonyl (C=O) groups is 1. The van der Waals surface area contributed by atoms with E-state index >= 15 is 0 Å². The number of amides is 1. The lowest BCUT2D eigenvalue weighted by Crippen LogP contribution is -2.28. The Bertz CT molecular complexity index is 640. The maximum Gasteiger partial charge on any atom is 0.268 e. The Hall–Kier alpha value is -2.11. The van der Waals surface area contributed by atoms with Gasteiger partial charge in [0.15, 0.2) is 0 Å². The van der Waals surface area contributed by atoms with E-state index in [1.807, 2.05) is 43.7 Å². The predicted octanol–water partition coefficient (Wildman–Crippen LogP) is 2.82. The highest BCUT2D eigenvalue weighted by Gasteiger charge is 2.27. The van der Waals surface area contributed by atoms with Gasteiger partial charge in [-0.1, -0.05) is 13.8 Å². The summed E-state index contributed by atoms with van der Waals surface area (Å²) >= 11 is 0. The third-order valence-electron chi connectivity index (χ3n) is 3.62. The second kappa shape index (κ2) is 5.35. The first-order valence-corrected chi connectivity index (χ1v) is 7.37. The van der Waals surface area contributed by atoms with E-state index < -0.39 is 0 Å². The second-order valence-electron chi connectivity index (χ2n) is 5.86. The first-order valence-electron chi connectivity index (χ1n) is 7.37. The molecule has 2 heterocycles. The molecule has 1 fully saturated rings. The van der Waals surface area contributed by atoms with Crippen molar-refractivity contribution in [1.29, 1.82) is 0 Å². The number of rotatable bonds is 5. The molecule has 1 saturated carbocycles. The molecule has 2 aromatic heterocycles. The van der Waals surface area contributed by atoms with E-state index in [0.717, 1.165) is 12.8 Å². The van der Waals surface area contributed by atoms with Crippen LogP contribution in [0.5, 0.6) is 0 Å². The van der Waals surface area contributed by atoms with Crippen LogP contribution in [0.25, 0.3) is 0 Å². The van der Waals surface area contributed by atoms with Gasteiger partial charge in [0.1, 0.15) is 11.7 Å². The van der Waals surface area contributed by atoms with Gasteiger partial charge < -0.3 is 14.3 Å². The van der Waals surface area contributed by atoms with Crippen molar-refractivity contribution in [3.63, 3.8) is 0 Å². The highest BCUT2D eigenvalue weighted by Crippen LogP contribution is 2.36. The molecule has 112 valence electrons. The summed E-state index contributed by atoms with van der Waals surface area (Å²) in [4.78, 5) is 12.4. The summed E-state index contributed by atoms with van der Waals surface area (Å²) in [6.07, 6.45) is 4.25. The van der Waals surface area contributed by atoms with E-state index in [1.54, 1.807) is 0 Å². The van der Waals surface area contributed by atoms with Crippen molar-refractivity contribution in [2.24, 2.45) is 0 Å². The maximum atomic E-state index is 12.4. The van der Waals surface area contributed by atoms with Crippen LogP contribution in [0.15, 0.2) is 22.7 Å². The molecule has 6 heteroatoms. The Balaban J connectivity index is 1.69. The lowest BCUT2D eigenvalue weighted by atomic mass is 10.2. The molecule has 0 aliphatic heterocycles. The van der Waals surface area contributed by atoms with Gasteiger partial charge in [-0.2, -0.15) is 0 Å². The van der Waals surface area contributed by atoms with Crippen LogP contribution in [0.4, 0.5) is 0 Å². The number of hydrogen-bond donors (Lipinski definition) is 1. The van der Waals surface area contributed by atoms with Crippen molar-refractivity contribution in [1.82, 2.24) is 20.1 Å². The average molecular weight is 288 g/mol. The van der Waals surface area contributed by atoms with E-state index in [4.69, 9.17) is 4.42 Å². The summed E-state index contributed by atoms with van der Waals surface area (Å²) in [6.45, 7) is 5.83. The van der Waals surface area contributed by atoms with E-state index in [2.05, 4.69) is 15.5 Å². The minimum atomic E-state index is -0.306. The Labute approximate surface area is 123 Å². The minimum absolute atomic E-state index is 0.108. The largest absolute Gasteiger partial charge is 0.423 e. The fourth-order valence-corrected chi connectivity index (χ4v) is 2.24. The average Bonchev–Trinajstić information content (AvgIpc) is 2.99. The van der Waals surface area contributed by atoms with Crippen LogP contribution < -0.4 is 5.32 Å². The van der Waals surface area contributed by atoms with Gasteiger partial charge in [-0.25, -0.2) is 0 Å². The van der Waals surface area contributed by atoms with E-state index in [-0.39, 0.29) is 17.9 Å². The molecule has 0 aromatic carbocycles. The summed E-state index contributed by atoms with van der Waals surface area (Å²) in [6, 6.07) is 3.92. The quantitative estimate of drug-likeness (QED) is 0.918. The first-order chi connectivity index (χ1) is 10.1. The van der Waals surface area contributed by atoms with Gasteiger partial charge in [0.25, 0.3) is 5.91 Å². The van der Waals surface area contributed by atoms with Gasteiger partial charge in [0.05, 0.1) is 0 Å². The SMILES string of the molecule is CC(C)c1nnc(C(C)NC(=O)c2cccn2C2CC2)o1. The van der Waals surface area contributed by atoms with Crippen LogP contribution in [0.1, 0.15) is 73.9 Å². The molecule has 1 atom stereocenters. The van der Waals surface area contributed by atoms with Crippen LogP contribution in [0.3, 0.4) is 0 Å². The van der Waals surface area contributed by atoms with E-state index in [9.17, 15) is 4.79 Å². The smallest absolute Gasteiger partial charge is 0.268 e. The maximum absolute atomic E-state index is 12.4. The van der Waals surface area contributed by atoms with Gasteiger partial charge in [-0.15, -0.1) is 10.2 Å². The van der Waals surface area contributed by atoms with Crippen molar-refractivity contribution < 1.29 is 9.21 Å². The molecule has 3 rings (SSSR count). The molecule has 0 saturated heterocycles. The highest BCUT2D eigenvalue weighted by molar-refractivity contribution is 5.93. The molecule has 1 N–H and O–H groups in total. The van der Waals surface area contributed by atoms with Crippen LogP contribution in [0, 0.1) is 0 Å². The number of carbonyl (C=O) groups excluding carboxylic acids is 1. The van der Waals surface area contributed by atoms with Crippen LogP contribution in [-0.2, 0) is 0 Å². The fourth-order valence-electron chi connectivity index (χ4n) is 2.24. The van der Waals surface area contributed by atoms with Gasteiger partial charge in [-0.05, 0) is 31.9 Å². The Morgan fingerprint density at radius 2 is 2.05 bits per heavy atom. The third-order valence-corrected chi connectivity index (χ3v) is 3.62. The fraction of sp³-hybridized carbons (Fsp3) is 0.533. The summed E-state index contributed by atoms with van der Waals surface area (Å²) in [5, 5.41) is 10.9. The summed E-state index contributed by atoms with van der Waals surface area (Å²) in [5.74, 6) is 1.11. The number of hydrogen-bond acceptors (Lipinski definition) is 4. The predicted molar refractivity (Wildman–Crippen MR) is 77.0 cm³/mol. The molecular formula is C15H20N4O2. The Kier molecular flexibility index (Phi) is 3.53. The highest BCUT2D eigenvalue weighted by atomic mass is 16.4. The molecule has 1 amide bonds. The van der Waals surface area contributed by atoms with Gasteiger partial charge in [0.2, 0.25) is 11.8 Å². The normalized spacial score (nSPS) is 16.2. The lowest BCUT2D eigenvalue weighted by molar-refractivity contribution is 0.0924. The van der Waals surface area contributed by atoms with Crippen molar-refractivity contribution in [2.75, 3.05) is 0 Å². The zero-order valence-corrected chi connectivity index (χ0v) is 12.5. The van der Waals surface area contributed by atoms with Gasteiger partial charge in [0, 0.05) is 18.2 Å². The van der Waals surface area contributed by atoms with Crippen molar-refractivity contribution in [3.05, 3.63) is 35.8 Å². The van der Waals surface area contributed by atoms with Crippen molar-refractivity contribution >= 4 is 5.91 Å². The van der Waals surface area contributed by atoms with Crippen LogP contribution >= 0.6 is 0 Å². The summed E-state index contributed by atoms with van der Waals surface area (Å²) in [5.41, 5.74) is 0.688. The molecule has 6 nitrogen and oxygen atoms in total. The lowest BCUT2D eigenvalue weighted by Gasteiger charge is -2.12. The Morgan fingerprint density at radius 3 is 2.67 bits per heavy atom. The third kappa shape index (κ3) is 2.84. The molecule has 1 aliphatic carbocycles. The summed E-state index contributed by atoms with van der Waals surface area (Å²) in [7, 11) is 0. The molecule has 21 heavy (non-hydrogen) atoms. The number of nitrogens with one attached hydrogen (secondary N) is 1. The standard InChI is InChI=1S/C15H20N4O2/c1-9(2)14-17-18-15(21-14)10(3)16-13(20)12-5-4-8-19(12)11-6-7-11/h4-5,8-11H,6-7H2,1-3H3,(H,16,20). The van der Waals surface area contributed by atoms with Crippen molar-refractivity contribution in [2.45, 2.75) is 51.6 Å². The molecular weight excluding hydrogens is 268 g/mol. The number of nitrogens with zero attached hydrogens (tertiary/aromatic N) is 3. The van der Waals surface area contributed by atoms with E-state index in [1.165, 1.54) is 0 Å². The monoisotopic (exact) mass is 288 g/mol. The van der Waals surface area contributed by atoms with E-state index in [0.29, 0.717) is 23.5 Å². The van der Waals surface area contributed by atoms with Crippen molar-refractivity contribution in [3.8, 4) is 0 Å². The second-order valence-corrected chi connectivity index (χ2v) is 5.86. The Morgan fingerprint density at radius 1 is 1.33 bits per heavy atom. The molecule has 2 aromatic rings. The number of aromatic nitrogens is 3. The van der Waals surface area contributed by atoms with Gasteiger partial charge >= 0.3 is 0 Å². The van der Waals surface area contributed by atoms with Gasteiger partial charge in [-0.3, -0.25) is 4.79 Å². The topological polar surface area (TPSA) is 73.0 Å². The molecule has 0 radical (unpaired) electrons. The van der Waals surface area contributed by atoms with Crippen LogP contribution in [-0.4, -0.2) is 20.7 Å². The minimum Gasteiger partial charge on any atom is -0.423 e. The zero-order chi connectivity index (χ0) is 15.0.